The van der Waals surface area contributed by atoms with Crippen LogP contribution in [0.25, 0.3) is 10.2 Å². The van der Waals surface area contributed by atoms with Crippen molar-refractivity contribution in [3.63, 3.8) is 0 Å². The van der Waals surface area contributed by atoms with Crippen LogP contribution in [0.2, 0.25) is 0 Å². The summed E-state index contributed by atoms with van der Waals surface area (Å²) in [6, 6.07) is 6.75. The molecule has 0 aliphatic rings. The Bertz CT molecular complexity index is 992. The lowest BCUT2D eigenvalue weighted by Gasteiger charge is -2.25. The minimum Gasteiger partial charge on any atom is -0.302 e. The molecule has 6 nitrogen and oxygen atoms in total. The Labute approximate surface area is 174 Å². The molecule has 0 unspecified atom stereocenters. The van der Waals surface area contributed by atoms with Gasteiger partial charge in [0.15, 0.2) is 5.13 Å². The fourth-order valence-corrected chi connectivity index (χ4v) is 4.30. The van der Waals surface area contributed by atoms with E-state index in [1.54, 1.807) is 21.7 Å². The molecular weight excluding hydrogens is 389 g/mol. The topological polar surface area (TPSA) is 54.3 Å². The van der Waals surface area contributed by atoms with Crippen molar-refractivity contribution in [3.05, 3.63) is 41.5 Å². The van der Waals surface area contributed by atoms with E-state index in [-0.39, 0.29) is 17.8 Å². The summed E-state index contributed by atoms with van der Waals surface area (Å²) in [5.41, 5.74) is 1.62. The third-order valence-corrected chi connectivity index (χ3v) is 5.98. The number of hydrogen-bond acceptors (Lipinski definition) is 5. The minimum atomic E-state index is -0.371. The average Bonchev–Trinajstić information content (AvgIpc) is 3.29. The maximum Gasteiger partial charge on any atom is 0.278 e. The lowest BCUT2D eigenvalue weighted by atomic mass is 10.3. The van der Waals surface area contributed by atoms with Crippen LogP contribution in [0.5, 0.6) is 0 Å². The Morgan fingerprint density at radius 3 is 2.59 bits per heavy atom. The second-order valence-corrected chi connectivity index (χ2v) is 8.29. The molecule has 0 atom stereocenters. The highest BCUT2D eigenvalue weighted by Crippen LogP contribution is 2.31. The van der Waals surface area contributed by atoms with Gasteiger partial charge in [0.05, 0.1) is 10.4 Å². The molecule has 1 amide bonds. The van der Waals surface area contributed by atoms with Gasteiger partial charge in [0.1, 0.15) is 17.0 Å². The Kier molecular flexibility index (Phi) is 6.64. The number of halogens is 1. The van der Waals surface area contributed by atoms with Gasteiger partial charge < -0.3 is 4.90 Å². The number of nitrogens with zero attached hydrogens (tertiary/aromatic N) is 5. The van der Waals surface area contributed by atoms with E-state index >= 15 is 0 Å². The van der Waals surface area contributed by atoms with Crippen LogP contribution >= 0.6 is 11.3 Å². The van der Waals surface area contributed by atoms with Crippen molar-refractivity contribution in [3.8, 4) is 0 Å². The van der Waals surface area contributed by atoms with Gasteiger partial charge in [-0.3, -0.25) is 14.4 Å². The largest absolute Gasteiger partial charge is 0.302 e. The van der Waals surface area contributed by atoms with Crippen molar-refractivity contribution < 1.29 is 9.18 Å². The van der Waals surface area contributed by atoms with Gasteiger partial charge in [-0.15, -0.1) is 0 Å². The van der Waals surface area contributed by atoms with E-state index in [1.165, 1.54) is 17.4 Å². The summed E-state index contributed by atoms with van der Waals surface area (Å²) in [7, 11) is 0. The normalized spacial score (nSPS) is 11.7. The molecule has 3 rings (SSSR count). The van der Waals surface area contributed by atoms with Crippen LogP contribution in [0.1, 0.15) is 49.9 Å². The zero-order chi connectivity index (χ0) is 21.1. The number of thiazole rings is 1. The van der Waals surface area contributed by atoms with Crippen LogP contribution < -0.4 is 4.90 Å². The highest BCUT2D eigenvalue weighted by molar-refractivity contribution is 7.22. The number of likely N-dealkylation sites (N-methyl/N-ethyl adjacent to an activating group) is 1. The van der Waals surface area contributed by atoms with Gasteiger partial charge in [-0.05, 0) is 52.1 Å². The first kappa shape index (κ1) is 21.4. The summed E-state index contributed by atoms with van der Waals surface area (Å²) >= 11 is 1.34. The number of benzene rings is 1. The monoisotopic (exact) mass is 417 g/mol. The van der Waals surface area contributed by atoms with E-state index in [4.69, 9.17) is 0 Å². The molecule has 0 N–H and O–H groups in total. The van der Waals surface area contributed by atoms with E-state index in [9.17, 15) is 9.18 Å². The molecule has 0 fully saturated rings. The first-order valence-electron chi connectivity index (χ1n) is 10.0. The summed E-state index contributed by atoms with van der Waals surface area (Å²) in [5, 5.41) is 4.98. The number of aryl methyl sites for hydroxylation is 1. The molecule has 3 aromatic rings. The van der Waals surface area contributed by atoms with Crippen LogP contribution in [0, 0.1) is 12.7 Å². The number of carbonyl (C=O) groups is 1. The van der Waals surface area contributed by atoms with Crippen molar-refractivity contribution in [1.82, 2.24) is 19.7 Å². The van der Waals surface area contributed by atoms with E-state index in [0.717, 1.165) is 23.5 Å². The maximum atomic E-state index is 14.2. The third-order valence-electron chi connectivity index (χ3n) is 4.93. The highest BCUT2D eigenvalue weighted by Gasteiger charge is 2.26. The number of hydrogen-bond donors (Lipinski definition) is 0. The van der Waals surface area contributed by atoms with Crippen LogP contribution in [0.3, 0.4) is 0 Å². The van der Waals surface area contributed by atoms with E-state index < -0.39 is 0 Å². The number of aromatic nitrogens is 3. The van der Waals surface area contributed by atoms with E-state index in [0.29, 0.717) is 29.4 Å². The summed E-state index contributed by atoms with van der Waals surface area (Å²) in [6.45, 7) is 13.1. The first-order chi connectivity index (χ1) is 13.8. The first-order valence-corrected chi connectivity index (χ1v) is 10.8. The van der Waals surface area contributed by atoms with Gasteiger partial charge in [0.2, 0.25) is 0 Å². The second-order valence-electron chi connectivity index (χ2n) is 7.28. The van der Waals surface area contributed by atoms with Crippen LogP contribution in [0.4, 0.5) is 9.52 Å². The molecule has 0 spiro atoms. The zero-order valence-corrected chi connectivity index (χ0v) is 18.5. The predicted octanol–water partition coefficient (Wildman–Crippen LogP) is 4.51. The number of fused-ring (bicyclic) bond motifs is 1. The molecule has 2 heterocycles. The van der Waals surface area contributed by atoms with Crippen LogP contribution in [-0.2, 0) is 0 Å². The molecule has 0 bridgehead atoms. The predicted molar refractivity (Wildman–Crippen MR) is 116 cm³/mol. The summed E-state index contributed by atoms with van der Waals surface area (Å²) < 4.78 is 16.7. The van der Waals surface area contributed by atoms with E-state index in [2.05, 4.69) is 28.8 Å². The molecular formula is C21H28FN5OS. The summed E-state index contributed by atoms with van der Waals surface area (Å²) in [4.78, 5) is 21.9. The second kappa shape index (κ2) is 9.00. The van der Waals surface area contributed by atoms with Crippen molar-refractivity contribution in [1.29, 1.82) is 0 Å². The van der Waals surface area contributed by atoms with Crippen LogP contribution in [-0.4, -0.2) is 51.8 Å². The molecule has 0 radical (unpaired) electrons. The third kappa shape index (κ3) is 4.48. The Morgan fingerprint density at radius 1 is 1.24 bits per heavy atom. The van der Waals surface area contributed by atoms with Crippen molar-refractivity contribution in [2.75, 3.05) is 31.1 Å². The van der Waals surface area contributed by atoms with Crippen molar-refractivity contribution >= 4 is 32.6 Å². The lowest BCUT2D eigenvalue weighted by molar-refractivity contribution is 0.0971. The van der Waals surface area contributed by atoms with Gasteiger partial charge >= 0.3 is 0 Å². The number of amides is 1. The number of carbonyl (C=O) groups excluding carboxylic acids is 1. The Hall–Kier alpha value is -2.32. The molecule has 0 aliphatic heterocycles. The maximum absolute atomic E-state index is 14.2. The molecule has 0 saturated carbocycles. The van der Waals surface area contributed by atoms with Gasteiger partial charge in [-0.1, -0.05) is 31.3 Å². The number of anilines is 1. The molecule has 156 valence electrons. The molecule has 8 heteroatoms. The number of rotatable bonds is 8. The summed E-state index contributed by atoms with van der Waals surface area (Å²) in [5.74, 6) is -0.532. The van der Waals surface area contributed by atoms with Gasteiger partial charge in [-0.2, -0.15) is 5.10 Å². The highest BCUT2D eigenvalue weighted by atomic mass is 32.1. The van der Waals surface area contributed by atoms with Crippen LogP contribution in [0.15, 0.2) is 24.3 Å². The Morgan fingerprint density at radius 2 is 1.97 bits per heavy atom. The molecule has 2 aromatic heterocycles. The fraction of sp³-hybridized carbons (Fsp3) is 0.476. The van der Waals surface area contributed by atoms with Crippen molar-refractivity contribution in [2.45, 2.75) is 40.7 Å². The fourth-order valence-electron chi connectivity index (χ4n) is 3.29. The quantitative estimate of drug-likeness (QED) is 0.541. The smallest absolute Gasteiger partial charge is 0.278 e. The molecule has 0 aliphatic carbocycles. The zero-order valence-electron chi connectivity index (χ0n) is 17.6. The average molecular weight is 418 g/mol. The van der Waals surface area contributed by atoms with Gasteiger partial charge in [0.25, 0.3) is 5.91 Å². The summed E-state index contributed by atoms with van der Waals surface area (Å²) in [6.07, 6.45) is 0. The van der Waals surface area contributed by atoms with Crippen molar-refractivity contribution in [2.24, 2.45) is 0 Å². The van der Waals surface area contributed by atoms with E-state index in [1.807, 2.05) is 26.8 Å². The van der Waals surface area contributed by atoms with Gasteiger partial charge in [0, 0.05) is 19.1 Å². The van der Waals surface area contributed by atoms with Gasteiger partial charge in [-0.25, -0.2) is 9.37 Å². The lowest BCUT2D eigenvalue weighted by Crippen LogP contribution is -2.39. The molecule has 0 saturated heterocycles. The Balaban J connectivity index is 2.02. The number of para-hydroxylation sites is 1. The molecule has 1 aromatic carbocycles. The molecule has 29 heavy (non-hydrogen) atoms. The minimum absolute atomic E-state index is 0.0556. The SMILES string of the molecule is CCN(CC)CCN(C(=O)c1cc(C)nn1C(C)C)c1nc2c(F)cccc2s1. The standard InChI is InChI=1S/C21H28FN5OS/c1-6-25(7-2)11-12-26(20(28)17-13-15(5)24-27(17)14(3)4)21-23-19-16(22)9-8-10-18(19)29-21/h8-10,13-14H,6-7,11-12H2,1-5H3.